The number of fused-ring (bicyclic) bond motifs is 1. The molecule has 22 heavy (non-hydrogen) atoms. The zero-order valence-corrected chi connectivity index (χ0v) is 15.7. The van der Waals surface area contributed by atoms with Gasteiger partial charge in [-0.05, 0) is 24.3 Å². The average Bonchev–Trinajstić information content (AvgIpc) is 2.35. The Morgan fingerprint density at radius 2 is 1.64 bits per heavy atom. The van der Waals surface area contributed by atoms with E-state index in [2.05, 4.69) is 49.4 Å². The Kier molecular flexibility index (Phi) is 5.92. The monoisotopic (exact) mass is 311 g/mol. The van der Waals surface area contributed by atoms with E-state index in [1.165, 1.54) is 52.2 Å². The molecule has 0 aliphatic carbocycles. The average molecular weight is 312 g/mol. The molecule has 2 saturated heterocycles. The van der Waals surface area contributed by atoms with Crippen LogP contribution in [0.2, 0.25) is 0 Å². The zero-order valence-electron chi connectivity index (χ0n) is 15.7. The summed E-state index contributed by atoms with van der Waals surface area (Å²) in [7, 11) is 4.07. The van der Waals surface area contributed by atoms with Crippen LogP contribution in [0.15, 0.2) is 0 Å². The highest BCUT2D eigenvalue weighted by Gasteiger charge is 2.35. The second kappa shape index (κ2) is 7.16. The molecule has 2 fully saturated rings. The van der Waals surface area contributed by atoms with Crippen LogP contribution in [0.4, 0.5) is 0 Å². The van der Waals surface area contributed by atoms with E-state index in [4.69, 9.17) is 4.74 Å². The number of methoxy groups -OCH3 is 1. The zero-order chi connectivity index (χ0) is 16.4. The summed E-state index contributed by atoms with van der Waals surface area (Å²) in [6.07, 6.45) is 1.21. The standard InChI is InChI=1S/C18H37N3O/c1-17(2,13-18(3,4)15-22-6)14-20-8-10-21-9-7-19(5)11-16(21)12-20/h16H,7-15H2,1-6H3. The van der Waals surface area contributed by atoms with Crippen LogP contribution in [0.3, 0.4) is 0 Å². The van der Waals surface area contributed by atoms with E-state index in [9.17, 15) is 0 Å². The van der Waals surface area contributed by atoms with E-state index in [0.717, 1.165) is 12.6 Å². The highest BCUT2D eigenvalue weighted by molar-refractivity contribution is 4.90. The van der Waals surface area contributed by atoms with Gasteiger partial charge in [-0.3, -0.25) is 9.80 Å². The smallest absolute Gasteiger partial charge is 0.0513 e. The lowest BCUT2D eigenvalue weighted by molar-refractivity contribution is -0.00291. The summed E-state index contributed by atoms with van der Waals surface area (Å²) in [5.74, 6) is 0. The van der Waals surface area contributed by atoms with Crippen molar-refractivity contribution in [1.82, 2.24) is 14.7 Å². The van der Waals surface area contributed by atoms with Gasteiger partial charge in [0.1, 0.15) is 0 Å². The van der Waals surface area contributed by atoms with Crippen molar-refractivity contribution in [3.05, 3.63) is 0 Å². The fourth-order valence-corrected chi connectivity index (χ4v) is 4.72. The summed E-state index contributed by atoms with van der Waals surface area (Å²) >= 11 is 0. The molecule has 0 amide bonds. The number of piperazine rings is 2. The minimum Gasteiger partial charge on any atom is -0.384 e. The van der Waals surface area contributed by atoms with E-state index in [0.29, 0.717) is 5.41 Å². The maximum absolute atomic E-state index is 5.40. The Balaban J connectivity index is 1.87. The molecule has 2 heterocycles. The molecule has 0 saturated carbocycles. The van der Waals surface area contributed by atoms with Gasteiger partial charge in [-0.1, -0.05) is 27.7 Å². The van der Waals surface area contributed by atoms with Gasteiger partial charge in [0.05, 0.1) is 6.61 Å². The van der Waals surface area contributed by atoms with Crippen molar-refractivity contribution in [2.75, 3.05) is 66.6 Å². The first-order chi connectivity index (χ1) is 10.2. The molecule has 4 heteroatoms. The van der Waals surface area contributed by atoms with E-state index in [1.807, 2.05) is 7.11 Å². The molecule has 0 spiro atoms. The summed E-state index contributed by atoms with van der Waals surface area (Å²) in [6.45, 7) is 19.0. The first kappa shape index (κ1) is 18.2. The third-order valence-corrected chi connectivity index (χ3v) is 5.12. The number of nitrogens with zero attached hydrogens (tertiary/aromatic N) is 3. The molecule has 0 aromatic carbocycles. The summed E-state index contributed by atoms with van der Waals surface area (Å²) in [6, 6.07) is 0.732. The van der Waals surface area contributed by atoms with Crippen LogP contribution >= 0.6 is 0 Å². The third kappa shape index (κ3) is 5.19. The second-order valence-electron chi connectivity index (χ2n) is 9.13. The van der Waals surface area contributed by atoms with Crippen molar-refractivity contribution < 1.29 is 4.74 Å². The van der Waals surface area contributed by atoms with Crippen molar-refractivity contribution in [3.8, 4) is 0 Å². The molecule has 1 atom stereocenters. The normalized spacial score (nSPS) is 26.2. The maximum atomic E-state index is 5.40. The van der Waals surface area contributed by atoms with Crippen LogP contribution in [-0.2, 0) is 4.74 Å². The van der Waals surface area contributed by atoms with Crippen molar-refractivity contribution >= 4 is 0 Å². The molecule has 0 bridgehead atoms. The van der Waals surface area contributed by atoms with Crippen LogP contribution in [0.1, 0.15) is 34.1 Å². The van der Waals surface area contributed by atoms with E-state index < -0.39 is 0 Å². The largest absolute Gasteiger partial charge is 0.384 e. The molecule has 130 valence electrons. The SMILES string of the molecule is COCC(C)(C)CC(C)(C)CN1CCN2CCN(C)CC2C1. The van der Waals surface area contributed by atoms with Gasteiger partial charge in [0, 0.05) is 59.0 Å². The Labute approximate surface area is 137 Å². The number of likely N-dealkylation sites (N-methyl/N-ethyl adjacent to an activating group) is 1. The lowest BCUT2D eigenvalue weighted by Gasteiger charge is -2.48. The maximum Gasteiger partial charge on any atom is 0.0513 e. The Bertz CT molecular complexity index is 356. The van der Waals surface area contributed by atoms with Crippen molar-refractivity contribution in [1.29, 1.82) is 0 Å². The van der Waals surface area contributed by atoms with Gasteiger partial charge in [-0.25, -0.2) is 0 Å². The number of hydrogen-bond acceptors (Lipinski definition) is 4. The van der Waals surface area contributed by atoms with Crippen LogP contribution in [0.5, 0.6) is 0 Å². The molecular formula is C18H37N3O. The molecule has 2 aliphatic rings. The van der Waals surface area contributed by atoms with Gasteiger partial charge >= 0.3 is 0 Å². The van der Waals surface area contributed by atoms with E-state index in [-0.39, 0.29) is 5.41 Å². The first-order valence-corrected chi connectivity index (χ1v) is 8.85. The molecule has 1 unspecified atom stereocenters. The van der Waals surface area contributed by atoms with E-state index in [1.54, 1.807) is 0 Å². The number of hydrogen-bond donors (Lipinski definition) is 0. The van der Waals surface area contributed by atoms with Crippen LogP contribution in [-0.4, -0.2) is 87.3 Å². The van der Waals surface area contributed by atoms with Crippen molar-refractivity contribution in [2.45, 2.75) is 40.2 Å². The van der Waals surface area contributed by atoms with Crippen molar-refractivity contribution in [3.63, 3.8) is 0 Å². The van der Waals surface area contributed by atoms with Gasteiger partial charge < -0.3 is 9.64 Å². The quantitative estimate of drug-likeness (QED) is 0.747. The van der Waals surface area contributed by atoms with E-state index >= 15 is 0 Å². The number of rotatable bonds is 6. The summed E-state index contributed by atoms with van der Waals surface area (Å²) in [5.41, 5.74) is 0.593. The molecule has 0 radical (unpaired) electrons. The third-order valence-electron chi connectivity index (χ3n) is 5.12. The Hall–Kier alpha value is -0.160. The first-order valence-electron chi connectivity index (χ1n) is 8.85. The van der Waals surface area contributed by atoms with Crippen LogP contribution in [0.25, 0.3) is 0 Å². The summed E-state index contributed by atoms with van der Waals surface area (Å²) in [4.78, 5) is 7.87. The molecule has 2 rings (SSSR count). The predicted molar refractivity (Wildman–Crippen MR) is 93.4 cm³/mol. The Morgan fingerprint density at radius 1 is 0.955 bits per heavy atom. The minimum absolute atomic E-state index is 0.255. The molecule has 2 aliphatic heterocycles. The molecule has 4 nitrogen and oxygen atoms in total. The van der Waals surface area contributed by atoms with Gasteiger partial charge in [0.25, 0.3) is 0 Å². The number of ether oxygens (including phenoxy) is 1. The fraction of sp³-hybridized carbons (Fsp3) is 1.00. The lowest BCUT2D eigenvalue weighted by Crippen LogP contribution is -2.62. The lowest BCUT2D eigenvalue weighted by atomic mass is 9.75. The topological polar surface area (TPSA) is 19.0 Å². The molecular weight excluding hydrogens is 274 g/mol. The summed E-state index contributed by atoms with van der Waals surface area (Å²) < 4.78 is 5.40. The second-order valence-corrected chi connectivity index (χ2v) is 9.13. The van der Waals surface area contributed by atoms with Gasteiger partial charge in [-0.2, -0.15) is 0 Å². The van der Waals surface area contributed by atoms with Gasteiger partial charge in [-0.15, -0.1) is 0 Å². The predicted octanol–water partition coefficient (Wildman–Crippen LogP) is 2.01. The highest BCUT2D eigenvalue weighted by atomic mass is 16.5. The molecule has 0 N–H and O–H groups in total. The fourth-order valence-electron chi connectivity index (χ4n) is 4.72. The molecule has 0 aromatic heterocycles. The van der Waals surface area contributed by atoms with Crippen molar-refractivity contribution in [2.24, 2.45) is 10.8 Å². The van der Waals surface area contributed by atoms with Gasteiger partial charge in [0.2, 0.25) is 0 Å². The minimum atomic E-state index is 0.255. The van der Waals surface area contributed by atoms with Crippen LogP contribution < -0.4 is 0 Å². The highest BCUT2D eigenvalue weighted by Crippen LogP contribution is 2.35. The van der Waals surface area contributed by atoms with Crippen LogP contribution in [0, 0.1) is 10.8 Å². The molecule has 0 aromatic rings. The van der Waals surface area contributed by atoms with Gasteiger partial charge in [0.15, 0.2) is 0 Å². The Morgan fingerprint density at radius 3 is 2.32 bits per heavy atom. The summed E-state index contributed by atoms with van der Waals surface area (Å²) in [5, 5.41) is 0.